The molecule has 1 aliphatic heterocycles. The average Bonchev–Trinajstić information content (AvgIpc) is 2.96. The van der Waals surface area contributed by atoms with Gasteiger partial charge in [0.25, 0.3) is 23.2 Å². The fourth-order valence-electron chi connectivity index (χ4n) is 2.78. The van der Waals surface area contributed by atoms with Crippen molar-refractivity contribution in [2.75, 3.05) is 13.2 Å². The van der Waals surface area contributed by atoms with Crippen molar-refractivity contribution in [1.82, 2.24) is 4.90 Å². The molecule has 2 aromatic carbocycles. The summed E-state index contributed by atoms with van der Waals surface area (Å²) in [5.41, 5.74) is -1.34. The molecule has 30 heavy (non-hydrogen) atoms. The maximum absolute atomic E-state index is 12.4. The highest BCUT2D eigenvalue weighted by atomic mass is 16.6. The number of amides is 2. The van der Waals surface area contributed by atoms with E-state index >= 15 is 0 Å². The number of carbonyl (C=O) groups is 4. The smallest absolute Gasteiger partial charge is 0.326 e. The largest absolute Gasteiger partial charge is 0.456 e. The van der Waals surface area contributed by atoms with Crippen molar-refractivity contribution in [2.24, 2.45) is 0 Å². The Hall–Kier alpha value is -4.48. The van der Waals surface area contributed by atoms with Gasteiger partial charge < -0.3 is 4.74 Å². The first-order valence-corrected chi connectivity index (χ1v) is 8.27. The summed E-state index contributed by atoms with van der Waals surface area (Å²) in [5.74, 6) is -3.64. The number of ketones is 1. The van der Waals surface area contributed by atoms with Crippen LogP contribution in [0.4, 0.5) is 11.4 Å². The van der Waals surface area contributed by atoms with Crippen molar-refractivity contribution in [2.45, 2.75) is 0 Å². The van der Waals surface area contributed by atoms with Crippen LogP contribution in [0.25, 0.3) is 0 Å². The molecule has 1 heterocycles. The first kappa shape index (κ1) is 20.3. The van der Waals surface area contributed by atoms with Crippen LogP contribution in [0.3, 0.4) is 0 Å². The van der Waals surface area contributed by atoms with Crippen molar-refractivity contribution in [3.63, 3.8) is 0 Å². The van der Waals surface area contributed by atoms with Gasteiger partial charge in [0, 0.05) is 23.8 Å². The number of imide groups is 1. The number of esters is 1. The van der Waals surface area contributed by atoms with E-state index < -0.39 is 57.8 Å². The molecule has 0 aromatic heterocycles. The molecule has 0 N–H and O–H groups in total. The van der Waals surface area contributed by atoms with Gasteiger partial charge in [-0.2, -0.15) is 0 Å². The Morgan fingerprint density at radius 3 is 2.20 bits per heavy atom. The van der Waals surface area contributed by atoms with E-state index in [1.54, 1.807) is 0 Å². The lowest BCUT2D eigenvalue weighted by Gasteiger charge is -2.12. The molecule has 0 saturated carbocycles. The maximum atomic E-state index is 12.4. The van der Waals surface area contributed by atoms with Crippen LogP contribution < -0.4 is 0 Å². The molecule has 2 amide bonds. The average molecular weight is 413 g/mol. The number of fused-ring (bicyclic) bond motifs is 1. The number of ether oxygens (including phenoxy) is 1. The van der Waals surface area contributed by atoms with Gasteiger partial charge in [-0.15, -0.1) is 0 Å². The summed E-state index contributed by atoms with van der Waals surface area (Å²) in [5, 5.41) is 21.7. The summed E-state index contributed by atoms with van der Waals surface area (Å²) < 4.78 is 4.77. The second kappa shape index (κ2) is 7.87. The lowest BCUT2D eigenvalue weighted by Crippen LogP contribution is -2.36. The number of hydrogen-bond acceptors (Lipinski definition) is 9. The number of nitro benzene ring substituents is 2. The van der Waals surface area contributed by atoms with E-state index in [2.05, 4.69) is 0 Å². The maximum Gasteiger partial charge on any atom is 0.326 e. The van der Waals surface area contributed by atoms with Crippen molar-refractivity contribution in [1.29, 1.82) is 0 Å². The predicted octanol–water partition coefficient (Wildman–Crippen LogP) is 1.53. The van der Waals surface area contributed by atoms with E-state index in [4.69, 9.17) is 4.74 Å². The molecule has 152 valence electrons. The fourth-order valence-corrected chi connectivity index (χ4v) is 2.78. The first-order chi connectivity index (χ1) is 14.2. The molecule has 12 nitrogen and oxygen atoms in total. The molecule has 1 aliphatic rings. The quantitative estimate of drug-likeness (QED) is 0.215. The van der Waals surface area contributed by atoms with Crippen molar-refractivity contribution in [3.8, 4) is 0 Å². The Balaban J connectivity index is 1.64. The molecule has 0 unspecified atom stereocenters. The van der Waals surface area contributed by atoms with Crippen LogP contribution in [0.15, 0.2) is 42.5 Å². The van der Waals surface area contributed by atoms with Gasteiger partial charge in [-0.3, -0.25) is 44.3 Å². The molecule has 3 rings (SSSR count). The number of nitrogens with zero attached hydrogens (tertiary/aromatic N) is 3. The zero-order valence-corrected chi connectivity index (χ0v) is 15.0. The van der Waals surface area contributed by atoms with Crippen LogP contribution in [0.2, 0.25) is 0 Å². The van der Waals surface area contributed by atoms with Crippen LogP contribution in [-0.2, 0) is 9.53 Å². The lowest BCUT2D eigenvalue weighted by atomic mass is 10.1. The van der Waals surface area contributed by atoms with Crippen LogP contribution in [0, 0.1) is 20.2 Å². The summed E-state index contributed by atoms with van der Waals surface area (Å²) >= 11 is 0. The molecule has 0 saturated heterocycles. The van der Waals surface area contributed by atoms with E-state index in [0.717, 1.165) is 18.2 Å². The number of nitro groups is 2. The summed E-state index contributed by atoms with van der Waals surface area (Å²) in [7, 11) is 0. The minimum atomic E-state index is -1.08. The van der Waals surface area contributed by atoms with E-state index in [-0.39, 0.29) is 16.8 Å². The number of Topliss-reactive ketones (excluding diaryl/α,β-unsaturated/α-hetero) is 1. The van der Waals surface area contributed by atoms with Crippen LogP contribution in [0.1, 0.15) is 31.1 Å². The minimum absolute atomic E-state index is 0.0600. The van der Waals surface area contributed by atoms with E-state index in [9.17, 15) is 39.4 Å². The number of benzene rings is 2. The third-order valence-electron chi connectivity index (χ3n) is 4.23. The Morgan fingerprint density at radius 1 is 0.933 bits per heavy atom. The number of non-ortho nitro benzene ring substituents is 1. The van der Waals surface area contributed by atoms with Gasteiger partial charge in [0.05, 0.1) is 15.4 Å². The monoisotopic (exact) mass is 413 g/mol. The predicted molar refractivity (Wildman–Crippen MR) is 96.8 cm³/mol. The van der Waals surface area contributed by atoms with E-state index in [1.807, 2.05) is 0 Å². The standard InChI is InChI=1S/C18H11N3O9/c22-14(10-4-6-11(7-5-10)20(26)27)9-30-15(23)8-19-17(24)12-2-1-3-13(21(28)29)16(12)18(19)25/h1-7H,8-9H2. The Bertz CT molecular complexity index is 1110. The normalized spacial score (nSPS) is 12.5. The number of hydrogen-bond donors (Lipinski definition) is 0. The highest BCUT2D eigenvalue weighted by Crippen LogP contribution is 2.30. The molecule has 0 radical (unpaired) electrons. The minimum Gasteiger partial charge on any atom is -0.456 e. The first-order valence-electron chi connectivity index (χ1n) is 8.27. The highest BCUT2D eigenvalue weighted by Gasteiger charge is 2.41. The second-order valence-corrected chi connectivity index (χ2v) is 6.04. The molecule has 0 atom stereocenters. The van der Waals surface area contributed by atoms with Crippen molar-refractivity contribution < 1.29 is 33.8 Å². The van der Waals surface area contributed by atoms with Crippen LogP contribution in [-0.4, -0.2) is 51.5 Å². The summed E-state index contributed by atoms with van der Waals surface area (Å²) in [6, 6.07) is 8.14. The van der Waals surface area contributed by atoms with Crippen LogP contribution in [0.5, 0.6) is 0 Å². The molecular weight excluding hydrogens is 402 g/mol. The number of carbonyl (C=O) groups excluding carboxylic acids is 4. The van der Waals surface area contributed by atoms with Gasteiger partial charge in [0.15, 0.2) is 12.4 Å². The van der Waals surface area contributed by atoms with Gasteiger partial charge >= 0.3 is 5.97 Å². The van der Waals surface area contributed by atoms with Crippen molar-refractivity contribution in [3.05, 3.63) is 79.4 Å². The molecule has 0 fully saturated rings. The number of rotatable bonds is 7. The Morgan fingerprint density at radius 2 is 1.60 bits per heavy atom. The van der Waals surface area contributed by atoms with Gasteiger partial charge in [-0.1, -0.05) is 6.07 Å². The lowest BCUT2D eigenvalue weighted by molar-refractivity contribution is -0.385. The van der Waals surface area contributed by atoms with Gasteiger partial charge in [-0.25, -0.2) is 0 Å². The third kappa shape index (κ3) is 3.73. The van der Waals surface area contributed by atoms with E-state index in [1.165, 1.54) is 24.3 Å². The van der Waals surface area contributed by atoms with Gasteiger partial charge in [0.1, 0.15) is 12.1 Å². The highest BCUT2D eigenvalue weighted by molar-refractivity contribution is 6.24. The summed E-state index contributed by atoms with van der Waals surface area (Å²) in [6.45, 7) is -1.56. The molecule has 2 aromatic rings. The topological polar surface area (TPSA) is 167 Å². The molecule has 12 heteroatoms. The molecular formula is C18H11N3O9. The van der Waals surface area contributed by atoms with Crippen molar-refractivity contribution >= 4 is 34.9 Å². The SMILES string of the molecule is O=C(CN1C(=O)c2cccc([N+](=O)[O-])c2C1=O)OCC(=O)c1ccc([N+](=O)[O-])cc1. The summed E-state index contributed by atoms with van der Waals surface area (Å²) in [4.78, 5) is 69.4. The van der Waals surface area contributed by atoms with E-state index in [0.29, 0.717) is 4.90 Å². The third-order valence-corrected chi connectivity index (χ3v) is 4.23. The summed E-state index contributed by atoms with van der Waals surface area (Å²) in [6.07, 6.45) is 0. The Kier molecular flexibility index (Phi) is 5.31. The Labute approximate surface area is 166 Å². The zero-order valence-electron chi connectivity index (χ0n) is 15.0. The van der Waals surface area contributed by atoms with Gasteiger partial charge in [-0.05, 0) is 18.2 Å². The zero-order chi connectivity index (χ0) is 22.0. The van der Waals surface area contributed by atoms with Crippen LogP contribution >= 0.6 is 0 Å². The molecule has 0 aliphatic carbocycles. The molecule has 0 bridgehead atoms. The molecule has 0 spiro atoms. The fraction of sp³-hybridized carbons (Fsp3) is 0.111. The van der Waals surface area contributed by atoms with Gasteiger partial charge in [0.2, 0.25) is 0 Å². The second-order valence-electron chi connectivity index (χ2n) is 6.04.